The minimum absolute atomic E-state index is 0.0676. The van der Waals surface area contributed by atoms with Crippen LogP contribution in [-0.4, -0.2) is 41.5 Å². The van der Waals surface area contributed by atoms with Crippen LogP contribution in [-0.2, 0) is 18.5 Å². The number of carbonyl (C=O) groups excluding carboxylic acids is 1. The van der Waals surface area contributed by atoms with Crippen LogP contribution in [0.1, 0.15) is 71.1 Å². The van der Waals surface area contributed by atoms with Gasteiger partial charge in [0.15, 0.2) is 8.32 Å². The van der Waals surface area contributed by atoms with Crippen LogP contribution in [0.15, 0.2) is 40.6 Å². The molecule has 194 valence electrons. The van der Waals surface area contributed by atoms with Gasteiger partial charge in [-0.05, 0) is 89.0 Å². The fourth-order valence-electron chi connectivity index (χ4n) is 3.93. The van der Waals surface area contributed by atoms with Gasteiger partial charge in [0.25, 0.3) is 5.97 Å². The number of rotatable bonds is 16. The largest absolute Gasteiger partial charge is 0.520 e. The van der Waals surface area contributed by atoms with Gasteiger partial charge in [0, 0.05) is 6.42 Å². The first-order valence-electron chi connectivity index (χ1n) is 13.0. The predicted octanol–water partition coefficient (Wildman–Crippen LogP) is 7.93. The Balaban J connectivity index is 2.78. The maximum Gasteiger partial charge on any atom is 0.292 e. The maximum atomic E-state index is 11.9. The van der Waals surface area contributed by atoms with E-state index in [-0.39, 0.29) is 12.1 Å². The second kappa shape index (κ2) is 15.5. The van der Waals surface area contributed by atoms with Gasteiger partial charge < -0.3 is 13.7 Å². The molecular weight excluding hydrogens is 458 g/mol. The zero-order chi connectivity index (χ0) is 25.6. The Morgan fingerprint density at radius 1 is 1.03 bits per heavy atom. The van der Waals surface area contributed by atoms with Crippen LogP contribution in [0.25, 0.3) is 0 Å². The second-order valence-corrected chi connectivity index (χ2v) is 19.9. The van der Waals surface area contributed by atoms with Crippen molar-refractivity contribution in [3.05, 3.63) is 35.5 Å². The molecule has 0 radical (unpaired) electrons. The summed E-state index contributed by atoms with van der Waals surface area (Å²) >= 11 is 0. The molecular formula is C27H49NO4Si2. The maximum absolute atomic E-state index is 11.9. The monoisotopic (exact) mass is 507 g/mol. The van der Waals surface area contributed by atoms with Gasteiger partial charge in [-0.1, -0.05) is 55.6 Å². The van der Waals surface area contributed by atoms with E-state index in [0.29, 0.717) is 6.42 Å². The van der Waals surface area contributed by atoms with E-state index < -0.39 is 16.6 Å². The zero-order valence-corrected chi connectivity index (χ0v) is 25.0. The molecule has 1 aliphatic carbocycles. The van der Waals surface area contributed by atoms with Gasteiger partial charge in [0.05, 0.1) is 11.8 Å². The van der Waals surface area contributed by atoms with Crippen LogP contribution in [0, 0.1) is 0 Å². The Labute approximate surface area is 211 Å². The lowest BCUT2D eigenvalue weighted by atomic mass is 10.0. The lowest BCUT2D eigenvalue weighted by Gasteiger charge is -2.24. The molecule has 0 bridgehead atoms. The highest BCUT2D eigenvalue weighted by Crippen LogP contribution is 2.29. The first-order valence-corrected chi connectivity index (χ1v) is 19.8. The quantitative estimate of drug-likeness (QED) is 0.0921. The molecule has 1 atom stereocenters. The summed E-state index contributed by atoms with van der Waals surface area (Å²) in [5.74, 6) is -0.0676. The molecule has 0 aromatic heterocycles. The van der Waals surface area contributed by atoms with Crippen LogP contribution < -0.4 is 0 Å². The van der Waals surface area contributed by atoms with Gasteiger partial charge >= 0.3 is 0 Å². The van der Waals surface area contributed by atoms with Crippen molar-refractivity contribution < 1.29 is 18.5 Å². The molecule has 0 aliphatic heterocycles. The molecule has 0 heterocycles. The topological polar surface area (TPSA) is 57.1 Å². The first-order chi connectivity index (χ1) is 15.9. The number of hydrogen-bond donors (Lipinski definition) is 0. The Kier molecular flexibility index (Phi) is 14.0. The lowest BCUT2D eigenvalue weighted by molar-refractivity contribution is -0.135. The third-order valence-corrected chi connectivity index (χ3v) is 7.19. The van der Waals surface area contributed by atoms with Crippen LogP contribution in [0.5, 0.6) is 0 Å². The van der Waals surface area contributed by atoms with Crippen LogP contribution in [0.4, 0.5) is 0 Å². The number of hydrogen-bond acceptors (Lipinski definition) is 5. The molecule has 1 aliphatic rings. The second-order valence-electron chi connectivity index (χ2n) is 11.0. The number of carbonyl (C=O) groups is 1. The first kappa shape index (κ1) is 30.6. The molecule has 34 heavy (non-hydrogen) atoms. The highest BCUT2D eigenvalue weighted by Gasteiger charge is 2.22. The van der Waals surface area contributed by atoms with Crippen molar-refractivity contribution in [1.82, 2.24) is 0 Å². The average Bonchev–Trinajstić information content (AvgIpc) is 3.08. The Hall–Kier alpha value is -1.45. The molecule has 0 unspecified atom stereocenters. The smallest absolute Gasteiger partial charge is 0.292 e. The summed E-state index contributed by atoms with van der Waals surface area (Å²) < 4.78 is 12.0. The van der Waals surface area contributed by atoms with E-state index in [1.54, 1.807) is 7.11 Å². The SMILES string of the molecule is CCCCC[C@@H](/C=C/C1=C(C/C=C\CCCC(=O)O[Si](C)(C)C)C(=NOC)CC1)O[Si](C)(C)C. The predicted molar refractivity (Wildman–Crippen MR) is 149 cm³/mol. The van der Waals surface area contributed by atoms with E-state index in [1.807, 2.05) is 19.6 Å². The highest BCUT2D eigenvalue weighted by atomic mass is 28.4. The van der Waals surface area contributed by atoms with Crippen LogP contribution >= 0.6 is 0 Å². The number of unbranched alkanes of at least 4 members (excludes halogenated alkanes) is 3. The van der Waals surface area contributed by atoms with Crippen molar-refractivity contribution >= 4 is 28.3 Å². The van der Waals surface area contributed by atoms with E-state index in [9.17, 15) is 4.79 Å². The van der Waals surface area contributed by atoms with Crippen LogP contribution in [0.3, 0.4) is 0 Å². The van der Waals surface area contributed by atoms with Crippen LogP contribution in [0.2, 0.25) is 39.3 Å². The number of oxime groups is 1. The molecule has 0 aromatic carbocycles. The van der Waals surface area contributed by atoms with E-state index in [2.05, 4.69) is 56.0 Å². The Bertz CT molecular complexity index is 743. The number of nitrogens with zero attached hydrogens (tertiary/aromatic N) is 1. The summed E-state index contributed by atoms with van der Waals surface area (Å²) in [6, 6.07) is 0. The molecule has 0 saturated carbocycles. The van der Waals surface area contributed by atoms with E-state index in [0.717, 1.165) is 44.2 Å². The van der Waals surface area contributed by atoms with Crippen molar-refractivity contribution in [1.29, 1.82) is 0 Å². The fraction of sp³-hybridized carbons (Fsp3) is 0.704. The molecule has 5 nitrogen and oxygen atoms in total. The molecule has 0 fully saturated rings. The van der Waals surface area contributed by atoms with Crippen molar-refractivity contribution in [3.8, 4) is 0 Å². The fourth-order valence-corrected chi connectivity index (χ4v) is 5.82. The summed E-state index contributed by atoms with van der Waals surface area (Å²) in [6.07, 6.45) is 18.7. The van der Waals surface area contributed by atoms with Crippen molar-refractivity contribution in [3.63, 3.8) is 0 Å². The lowest BCUT2D eigenvalue weighted by Crippen LogP contribution is -2.31. The highest BCUT2D eigenvalue weighted by molar-refractivity contribution is 6.71. The van der Waals surface area contributed by atoms with Gasteiger partial charge in [-0.3, -0.25) is 4.79 Å². The van der Waals surface area contributed by atoms with E-state index in [1.165, 1.54) is 30.4 Å². The molecule has 0 amide bonds. The van der Waals surface area contributed by atoms with Gasteiger partial charge in [0.1, 0.15) is 7.11 Å². The Morgan fingerprint density at radius 3 is 2.38 bits per heavy atom. The van der Waals surface area contributed by atoms with Crippen molar-refractivity contribution in [2.75, 3.05) is 7.11 Å². The molecule has 1 rings (SSSR count). The zero-order valence-electron chi connectivity index (χ0n) is 23.0. The van der Waals surface area contributed by atoms with E-state index >= 15 is 0 Å². The standard InChI is InChI=1S/C27H49NO4Si2/c1-9-10-13-16-24(31-33(3,4)5)21-19-23-20-22-26(28-30-2)25(23)17-14-11-12-15-18-27(29)32-34(6,7)8/h11,14,19,21,24H,9-10,12-13,15-18,20,22H2,1-8H3/b14-11-,21-19+,28-26?/t24-/m0/s1. The van der Waals surface area contributed by atoms with Crippen molar-refractivity contribution in [2.45, 2.75) is 117 Å². The molecule has 0 aromatic rings. The molecule has 0 spiro atoms. The third-order valence-electron chi connectivity index (χ3n) is 5.34. The van der Waals surface area contributed by atoms with Gasteiger partial charge in [0.2, 0.25) is 8.32 Å². The van der Waals surface area contributed by atoms with Gasteiger partial charge in [-0.2, -0.15) is 0 Å². The summed E-state index contributed by atoms with van der Waals surface area (Å²) in [4.78, 5) is 17.0. The minimum Gasteiger partial charge on any atom is -0.520 e. The molecule has 0 saturated heterocycles. The average molecular weight is 508 g/mol. The normalized spacial score (nSPS) is 17.4. The Morgan fingerprint density at radius 2 is 1.76 bits per heavy atom. The minimum atomic E-state index is -1.79. The van der Waals surface area contributed by atoms with Gasteiger partial charge in [-0.25, -0.2) is 0 Å². The summed E-state index contributed by atoms with van der Waals surface area (Å²) in [7, 11) is -1.79. The summed E-state index contributed by atoms with van der Waals surface area (Å²) in [5.41, 5.74) is 3.63. The number of allylic oxidation sites excluding steroid dienone is 5. The van der Waals surface area contributed by atoms with E-state index in [4.69, 9.17) is 13.7 Å². The third kappa shape index (κ3) is 14.1. The molecule has 0 N–H and O–H groups in total. The van der Waals surface area contributed by atoms with Gasteiger partial charge in [-0.15, -0.1) is 0 Å². The summed E-state index contributed by atoms with van der Waals surface area (Å²) in [5, 5.41) is 4.28. The summed E-state index contributed by atoms with van der Waals surface area (Å²) in [6.45, 7) is 15.1. The molecule has 7 heteroatoms. The van der Waals surface area contributed by atoms with Crippen molar-refractivity contribution in [2.24, 2.45) is 5.16 Å².